The molecule has 1 saturated heterocycles. The number of nitrogens with zero attached hydrogens (tertiary/aromatic N) is 1. The number of amides is 1. The van der Waals surface area contributed by atoms with Crippen molar-refractivity contribution in [3.63, 3.8) is 0 Å². The number of piperidine rings is 1. The zero-order chi connectivity index (χ0) is 17.8. The second kappa shape index (κ2) is 7.57. The van der Waals surface area contributed by atoms with E-state index in [1.165, 1.54) is 24.3 Å². The number of carbonyl (C=O) groups is 2. The van der Waals surface area contributed by atoms with E-state index in [1.807, 2.05) is 35.2 Å². The Kier molecular flexibility index (Phi) is 5.24. The fraction of sp³-hybridized carbons (Fsp3) is 0.300. The second-order valence-electron chi connectivity index (χ2n) is 6.40. The molecule has 1 heterocycles. The molecule has 0 saturated carbocycles. The quantitative estimate of drug-likeness (QED) is 0.851. The minimum atomic E-state index is -0.469. The number of nitrogens with two attached hydrogens (primary N) is 1. The molecule has 1 atom stereocenters. The molecule has 1 fully saturated rings. The first-order chi connectivity index (χ1) is 12.1. The zero-order valence-corrected chi connectivity index (χ0v) is 13.9. The average Bonchev–Trinajstić information content (AvgIpc) is 2.63. The van der Waals surface area contributed by atoms with E-state index in [4.69, 9.17) is 5.73 Å². The number of ketones is 1. The van der Waals surface area contributed by atoms with Crippen molar-refractivity contribution in [2.24, 2.45) is 11.7 Å². The first kappa shape index (κ1) is 17.3. The molecule has 25 heavy (non-hydrogen) atoms. The fourth-order valence-electron chi connectivity index (χ4n) is 3.46. The highest BCUT2D eigenvalue weighted by molar-refractivity contribution is 5.97. The summed E-state index contributed by atoms with van der Waals surface area (Å²) in [5.74, 6) is -0.797. The van der Waals surface area contributed by atoms with Gasteiger partial charge in [0, 0.05) is 11.5 Å². The molecule has 0 aliphatic carbocycles. The molecule has 2 aromatic carbocycles. The molecular formula is C20H21FN2O2. The van der Waals surface area contributed by atoms with Gasteiger partial charge in [-0.1, -0.05) is 30.3 Å². The van der Waals surface area contributed by atoms with Gasteiger partial charge in [-0.25, -0.2) is 4.39 Å². The minimum absolute atomic E-state index is 0.0370. The lowest BCUT2D eigenvalue weighted by atomic mass is 9.87. The Labute approximate surface area is 146 Å². The molecule has 0 radical (unpaired) electrons. The van der Waals surface area contributed by atoms with Crippen molar-refractivity contribution in [2.45, 2.75) is 18.9 Å². The molecule has 2 aromatic rings. The third kappa shape index (κ3) is 3.94. The van der Waals surface area contributed by atoms with Gasteiger partial charge < -0.3 is 5.73 Å². The van der Waals surface area contributed by atoms with Gasteiger partial charge in [0.1, 0.15) is 11.9 Å². The van der Waals surface area contributed by atoms with Crippen LogP contribution in [0.2, 0.25) is 0 Å². The number of carbonyl (C=O) groups excluding carboxylic acids is 2. The molecule has 1 aliphatic rings. The van der Waals surface area contributed by atoms with E-state index in [0.717, 1.165) is 5.56 Å². The van der Waals surface area contributed by atoms with Crippen LogP contribution in [0.1, 0.15) is 34.8 Å². The highest BCUT2D eigenvalue weighted by atomic mass is 19.1. The molecule has 0 unspecified atom stereocenters. The smallest absolute Gasteiger partial charge is 0.239 e. The van der Waals surface area contributed by atoms with Crippen LogP contribution in [0.25, 0.3) is 0 Å². The summed E-state index contributed by atoms with van der Waals surface area (Å²) in [6.07, 6.45) is 1.32. The van der Waals surface area contributed by atoms with Crippen LogP contribution < -0.4 is 5.73 Å². The van der Waals surface area contributed by atoms with Crippen LogP contribution >= 0.6 is 0 Å². The van der Waals surface area contributed by atoms with Gasteiger partial charge in [0.25, 0.3) is 0 Å². The average molecular weight is 340 g/mol. The Hall–Kier alpha value is -2.53. The van der Waals surface area contributed by atoms with Crippen molar-refractivity contribution in [1.29, 1.82) is 0 Å². The van der Waals surface area contributed by atoms with Crippen molar-refractivity contribution < 1.29 is 14.0 Å². The summed E-state index contributed by atoms with van der Waals surface area (Å²) in [4.78, 5) is 26.5. The standard InChI is InChI=1S/C20H21FN2O2/c21-17-8-6-15(7-9-17)19(24)16-10-12-23(13-11-16)18(20(22)25)14-4-2-1-3-5-14/h1-9,16,18H,10-13H2,(H2,22,25)/t18-/m1/s1. The van der Waals surface area contributed by atoms with Gasteiger partial charge in [-0.05, 0) is 55.8 Å². The Morgan fingerprint density at radius 3 is 2.16 bits per heavy atom. The lowest BCUT2D eigenvalue weighted by Crippen LogP contribution is -2.43. The van der Waals surface area contributed by atoms with E-state index in [0.29, 0.717) is 31.5 Å². The molecule has 0 bridgehead atoms. The van der Waals surface area contributed by atoms with Crippen LogP contribution in [0.3, 0.4) is 0 Å². The summed E-state index contributed by atoms with van der Waals surface area (Å²) in [6, 6.07) is 14.7. The van der Waals surface area contributed by atoms with Gasteiger partial charge in [-0.15, -0.1) is 0 Å². The number of hydrogen-bond donors (Lipinski definition) is 1. The number of hydrogen-bond acceptors (Lipinski definition) is 3. The SMILES string of the molecule is NC(=O)[C@@H](c1ccccc1)N1CCC(C(=O)c2ccc(F)cc2)CC1. The molecule has 0 spiro atoms. The predicted octanol–water partition coefficient (Wildman–Crippen LogP) is 2.95. The molecule has 130 valence electrons. The number of primary amides is 1. The molecule has 0 aromatic heterocycles. The van der Waals surface area contributed by atoms with Gasteiger partial charge in [0.15, 0.2) is 5.78 Å². The summed E-state index contributed by atoms with van der Waals surface area (Å²) in [5, 5.41) is 0. The molecule has 2 N–H and O–H groups in total. The minimum Gasteiger partial charge on any atom is -0.368 e. The molecule has 5 heteroatoms. The third-order valence-corrected chi connectivity index (χ3v) is 4.78. The predicted molar refractivity (Wildman–Crippen MR) is 93.4 cm³/mol. The van der Waals surface area contributed by atoms with E-state index in [1.54, 1.807) is 0 Å². The summed E-state index contributed by atoms with van der Waals surface area (Å²) in [6.45, 7) is 1.25. The van der Waals surface area contributed by atoms with E-state index in [-0.39, 0.29) is 23.4 Å². The van der Waals surface area contributed by atoms with Crippen molar-refractivity contribution in [3.8, 4) is 0 Å². The van der Waals surface area contributed by atoms with Crippen molar-refractivity contribution in [1.82, 2.24) is 4.90 Å². The molecule has 1 amide bonds. The highest BCUT2D eigenvalue weighted by Crippen LogP contribution is 2.28. The maximum atomic E-state index is 13.0. The normalized spacial score (nSPS) is 17.2. The first-order valence-electron chi connectivity index (χ1n) is 8.44. The summed E-state index contributed by atoms with van der Waals surface area (Å²) < 4.78 is 13.0. The van der Waals surface area contributed by atoms with E-state index >= 15 is 0 Å². The molecule has 3 rings (SSSR count). The van der Waals surface area contributed by atoms with Gasteiger partial charge in [-0.2, -0.15) is 0 Å². The summed E-state index contributed by atoms with van der Waals surface area (Å²) in [7, 11) is 0. The molecule has 1 aliphatic heterocycles. The number of rotatable bonds is 5. The maximum Gasteiger partial charge on any atom is 0.239 e. The topological polar surface area (TPSA) is 63.4 Å². The number of benzene rings is 2. The van der Waals surface area contributed by atoms with E-state index in [9.17, 15) is 14.0 Å². The van der Waals surface area contributed by atoms with Crippen molar-refractivity contribution in [2.75, 3.05) is 13.1 Å². The Morgan fingerprint density at radius 1 is 1.00 bits per heavy atom. The number of halogens is 1. The lowest BCUT2D eigenvalue weighted by Gasteiger charge is -2.35. The largest absolute Gasteiger partial charge is 0.368 e. The third-order valence-electron chi connectivity index (χ3n) is 4.78. The number of Topliss-reactive ketones (excluding diaryl/α,β-unsaturated/α-hetero) is 1. The highest BCUT2D eigenvalue weighted by Gasteiger charge is 2.32. The van der Waals surface area contributed by atoms with Crippen LogP contribution in [0.5, 0.6) is 0 Å². The second-order valence-corrected chi connectivity index (χ2v) is 6.40. The zero-order valence-electron chi connectivity index (χ0n) is 13.9. The maximum absolute atomic E-state index is 13.0. The Bertz CT molecular complexity index is 738. The van der Waals surface area contributed by atoms with Crippen LogP contribution in [0.4, 0.5) is 4.39 Å². The summed E-state index contributed by atoms with van der Waals surface area (Å²) in [5.41, 5.74) is 7.03. The van der Waals surface area contributed by atoms with Gasteiger partial charge in [-0.3, -0.25) is 14.5 Å². The van der Waals surface area contributed by atoms with Crippen LogP contribution in [-0.2, 0) is 4.79 Å². The Balaban J connectivity index is 1.67. The molecular weight excluding hydrogens is 319 g/mol. The summed E-state index contributed by atoms with van der Waals surface area (Å²) >= 11 is 0. The van der Waals surface area contributed by atoms with Crippen molar-refractivity contribution >= 4 is 11.7 Å². The van der Waals surface area contributed by atoms with Crippen LogP contribution in [0.15, 0.2) is 54.6 Å². The van der Waals surface area contributed by atoms with E-state index in [2.05, 4.69) is 0 Å². The van der Waals surface area contributed by atoms with Crippen LogP contribution in [-0.4, -0.2) is 29.7 Å². The fourth-order valence-corrected chi connectivity index (χ4v) is 3.46. The monoisotopic (exact) mass is 340 g/mol. The Morgan fingerprint density at radius 2 is 1.60 bits per heavy atom. The van der Waals surface area contributed by atoms with Crippen molar-refractivity contribution in [3.05, 3.63) is 71.5 Å². The molecule has 4 nitrogen and oxygen atoms in total. The van der Waals surface area contributed by atoms with E-state index < -0.39 is 6.04 Å². The lowest BCUT2D eigenvalue weighted by molar-refractivity contribution is -0.124. The van der Waals surface area contributed by atoms with Gasteiger partial charge >= 0.3 is 0 Å². The first-order valence-corrected chi connectivity index (χ1v) is 8.44. The van der Waals surface area contributed by atoms with Crippen LogP contribution in [0, 0.1) is 11.7 Å². The van der Waals surface area contributed by atoms with Gasteiger partial charge in [0.2, 0.25) is 5.91 Å². The van der Waals surface area contributed by atoms with Gasteiger partial charge in [0.05, 0.1) is 0 Å². The number of likely N-dealkylation sites (tertiary alicyclic amines) is 1.